The lowest BCUT2D eigenvalue weighted by atomic mass is 9.98. The Balaban J connectivity index is 1.49. The Bertz CT molecular complexity index is 1420. The first-order valence-electron chi connectivity index (χ1n) is 10.2. The van der Waals surface area contributed by atoms with Crippen LogP contribution in [0.4, 0.5) is 0 Å². The van der Waals surface area contributed by atoms with E-state index in [0.29, 0.717) is 0 Å². The number of hydrogen-bond acceptors (Lipinski definition) is 4. The zero-order valence-electron chi connectivity index (χ0n) is 16.6. The second kappa shape index (κ2) is 6.93. The van der Waals surface area contributed by atoms with Crippen molar-refractivity contribution in [3.8, 4) is 22.0 Å². The van der Waals surface area contributed by atoms with Gasteiger partial charge in [0.15, 0.2) is 0 Å². The molecule has 148 valence electrons. The highest BCUT2D eigenvalue weighted by Gasteiger charge is 2.16. The lowest BCUT2D eigenvalue weighted by Crippen LogP contribution is -2.19. The van der Waals surface area contributed by atoms with Crippen LogP contribution in [0.15, 0.2) is 54.7 Å². The standard InChI is InChI=1S/C24H21N5S/c1-14-2-5-22(30-14)24-18-13-21(27-19(18)8-11-26-24)23-17-12-16(3-4-20(17)28-29-23)15-6-9-25-10-7-15/h2-6,8,11-13,25,27H,7,9-10H2,1H3,(H,28,29). The third-order valence-corrected chi connectivity index (χ3v) is 6.78. The van der Waals surface area contributed by atoms with E-state index in [9.17, 15) is 0 Å². The van der Waals surface area contributed by atoms with Crippen molar-refractivity contribution in [2.24, 2.45) is 0 Å². The van der Waals surface area contributed by atoms with E-state index in [0.717, 1.165) is 58.4 Å². The van der Waals surface area contributed by atoms with Crippen LogP contribution in [-0.2, 0) is 0 Å². The van der Waals surface area contributed by atoms with Crippen molar-refractivity contribution in [1.29, 1.82) is 0 Å². The number of benzene rings is 1. The molecule has 3 N–H and O–H groups in total. The number of aromatic amines is 2. The SMILES string of the molecule is Cc1ccc(-c2nccc3[nH]c(-c4n[nH]c5ccc(C6=CCNCC6)cc45)cc23)s1. The molecule has 0 saturated heterocycles. The summed E-state index contributed by atoms with van der Waals surface area (Å²) in [6.45, 7) is 4.09. The van der Waals surface area contributed by atoms with Crippen molar-refractivity contribution in [2.75, 3.05) is 13.1 Å². The van der Waals surface area contributed by atoms with Gasteiger partial charge in [-0.2, -0.15) is 5.10 Å². The van der Waals surface area contributed by atoms with Gasteiger partial charge in [0.1, 0.15) is 5.69 Å². The number of rotatable bonds is 3. The Morgan fingerprint density at radius 1 is 0.967 bits per heavy atom. The Morgan fingerprint density at radius 2 is 1.90 bits per heavy atom. The largest absolute Gasteiger partial charge is 0.353 e. The Labute approximate surface area is 177 Å². The predicted molar refractivity (Wildman–Crippen MR) is 125 cm³/mol. The number of nitrogens with zero attached hydrogens (tertiary/aromatic N) is 2. The van der Waals surface area contributed by atoms with Gasteiger partial charge in [0, 0.05) is 33.9 Å². The lowest BCUT2D eigenvalue weighted by molar-refractivity contribution is 0.739. The van der Waals surface area contributed by atoms with Gasteiger partial charge in [-0.25, -0.2) is 0 Å². The van der Waals surface area contributed by atoms with E-state index in [1.807, 2.05) is 12.3 Å². The quantitative estimate of drug-likeness (QED) is 0.366. The molecule has 6 heteroatoms. The summed E-state index contributed by atoms with van der Waals surface area (Å²) in [6.07, 6.45) is 5.21. The summed E-state index contributed by atoms with van der Waals surface area (Å²) in [5.74, 6) is 0. The maximum absolute atomic E-state index is 4.67. The predicted octanol–water partition coefficient (Wildman–Crippen LogP) is 5.52. The van der Waals surface area contributed by atoms with E-state index in [1.54, 1.807) is 11.3 Å². The Hall–Kier alpha value is -3.22. The molecule has 0 amide bonds. The molecule has 0 aliphatic carbocycles. The van der Waals surface area contributed by atoms with Crippen LogP contribution in [0.25, 0.3) is 49.3 Å². The maximum Gasteiger partial charge on any atom is 0.116 e. The minimum atomic E-state index is 0.936. The highest BCUT2D eigenvalue weighted by Crippen LogP contribution is 2.36. The zero-order chi connectivity index (χ0) is 20.1. The molecule has 5 aromatic rings. The summed E-state index contributed by atoms with van der Waals surface area (Å²) in [7, 11) is 0. The van der Waals surface area contributed by atoms with Crippen LogP contribution >= 0.6 is 11.3 Å². The van der Waals surface area contributed by atoms with Gasteiger partial charge in [-0.1, -0.05) is 12.1 Å². The molecule has 0 radical (unpaired) electrons. The fourth-order valence-corrected chi connectivity index (χ4v) is 5.12. The molecule has 4 aromatic heterocycles. The number of aromatic nitrogens is 4. The molecule has 0 spiro atoms. The number of aryl methyl sites for hydroxylation is 1. The first-order chi connectivity index (χ1) is 14.8. The topological polar surface area (TPSA) is 69.4 Å². The molecular formula is C24H21N5S. The van der Waals surface area contributed by atoms with E-state index in [4.69, 9.17) is 0 Å². The molecule has 1 aromatic carbocycles. The number of hydrogen-bond donors (Lipinski definition) is 3. The number of thiophene rings is 1. The van der Waals surface area contributed by atoms with Crippen molar-refractivity contribution in [3.05, 3.63) is 65.2 Å². The van der Waals surface area contributed by atoms with Crippen molar-refractivity contribution < 1.29 is 0 Å². The van der Waals surface area contributed by atoms with Crippen molar-refractivity contribution in [1.82, 2.24) is 25.5 Å². The average molecular weight is 412 g/mol. The average Bonchev–Trinajstić information content (AvgIpc) is 3.51. The van der Waals surface area contributed by atoms with Gasteiger partial charge in [-0.3, -0.25) is 10.1 Å². The zero-order valence-corrected chi connectivity index (χ0v) is 17.4. The van der Waals surface area contributed by atoms with Gasteiger partial charge in [-0.15, -0.1) is 11.3 Å². The number of H-pyrrole nitrogens is 2. The van der Waals surface area contributed by atoms with E-state index in [2.05, 4.69) is 74.9 Å². The number of nitrogens with one attached hydrogen (secondary N) is 3. The van der Waals surface area contributed by atoms with Crippen LogP contribution in [0.1, 0.15) is 16.9 Å². The van der Waals surface area contributed by atoms with Crippen molar-refractivity contribution >= 4 is 38.7 Å². The van der Waals surface area contributed by atoms with Gasteiger partial charge in [0.25, 0.3) is 0 Å². The van der Waals surface area contributed by atoms with Crippen LogP contribution in [0, 0.1) is 6.92 Å². The molecular weight excluding hydrogens is 390 g/mol. The molecule has 1 aliphatic rings. The highest BCUT2D eigenvalue weighted by atomic mass is 32.1. The minimum Gasteiger partial charge on any atom is -0.353 e. The first kappa shape index (κ1) is 17.6. The van der Waals surface area contributed by atoms with Gasteiger partial charge in [-0.05, 0) is 67.4 Å². The molecule has 5 heterocycles. The molecule has 0 unspecified atom stereocenters. The van der Waals surface area contributed by atoms with Crippen LogP contribution in [0.2, 0.25) is 0 Å². The Morgan fingerprint density at radius 3 is 2.73 bits per heavy atom. The molecule has 5 nitrogen and oxygen atoms in total. The van der Waals surface area contributed by atoms with Crippen LogP contribution in [0.3, 0.4) is 0 Å². The summed E-state index contributed by atoms with van der Waals surface area (Å²) < 4.78 is 0. The summed E-state index contributed by atoms with van der Waals surface area (Å²) in [6, 6.07) is 15.1. The van der Waals surface area contributed by atoms with E-state index >= 15 is 0 Å². The second-order valence-corrected chi connectivity index (χ2v) is 9.02. The Kier molecular flexibility index (Phi) is 4.07. The monoisotopic (exact) mass is 411 g/mol. The minimum absolute atomic E-state index is 0.936. The molecule has 0 saturated carbocycles. The second-order valence-electron chi connectivity index (χ2n) is 7.73. The summed E-state index contributed by atoms with van der Waals surface area (Å²) in [5, 5.41) is 13.5. The first-order valence-corrected chi connectivity index (χ1v) is 11.0. The third-order valence-electron chi connectivity index (χ3n) is 5.77. The molecule has 0 bridgehead atoms. The van der Waals surface area contributed by atoms with Crippen molar-refractivity contribution in [3.63, 3.8) is 0 Å². The lowest BCUT2D eigenvalue weighted by Gasteiger charge is -2.14. The number of fused-ring (bicyclic) bond motifs is 2. The van der Waals surface area contributed by atoms with Crippen LogP contribution in [0.5, 0.6) is 0 Å². The van der Waals surface area contributed by atoms with Crippen molar-refractivity contribution in [2.45, 2.75) is 13.3 Å². The molecule has 0 atom stereocenters. The van der Waals surface area contributed by atoms with E-state index < -0.39 is 0 Å². The summed E-state index contributed by atoms with van der Waals surface area (Å²) >= 11 is 1.77. The van der Waals surface area contributed by atoms with E-state index in [-0.39, 0.29) is 0 Å². The van der Waals surface area contributed by atoms with Crippen LogP contribution in [-0.4, -0.2) is 33.3 Å². The molecule has 0 fully saturated rings. The normalized spacial score (nSPS) is 14.5. The third kappa shape index (κ3) is 2.88. The number of pyridine rings is 1. The molecule has 30 heavy (non-hydrogen) atoms. The molecule has 6 rings (SSSR count). The molecule has 1 aliphatic heterocycles. The highest BCUT2D eigenvalue weighted by molar-refractivity contribution is 7.15. The van der Waals surface area contributed by atoms with E-state index in [1.165, 1.54) is 20.9 Å². The van der Waals surface area contributed by atoms with Gasteiger partial charge in [0.05, 0.1) is 21.8 Å². The summed E-state index contributed by atoms with van der Waals surface area (Å²) in [5.41, 5.74) is 7.79. The smallest absolute Gasteiger partial charge is 0.116 e. The fraction of sp³-hybridized carbons (Fsp3) is 0.167. The van der Waals surface area contributed by atoms with Gasteiger partial charge in [0.2, 0.25) is 0 Å². The summed E-state index contributed by atoms with van der Waals surface area (Å²) in [4.78, 5) is 10.7. The maximum atomic E-state index is 4.67. The fourth-order valence-electron chi connectivity index (χ4n) is 4.24. The van der Waals surface area contributed by atoms with Gasteiger partial charge < -0.3 is 10.3 Å². The van der Waals surface area contributed by atoms with Gasteiger partial charge >= 0.3 is 0 Å². The van der Waals surface area contributed by atoms with Crippen LogP contribution < -0.4 is 5.32 Å².